The van der Waals surface area contributed by atoms with Gasteiger partial charge in [0.05, 0.1) is 23.3 Å². The summed E-state index contributed by atoms with van der Waals surface area (Å²) in [6, 6.07) is 15.9. The van der Waals surface area contributed by atoms with E-state index in [4.69, 9.17) is 0 Å². The number of rotatable bonds is 7. The van der Waals surface area contributed by atoms with Crippen molar-refractivity contribution >= 4 is 28.7 Å². The Bertz CT molecular complexity index is 1120. The maximum Gasteiger partial charge on any atom is 0.230 e. The molecule has 7 nitrogen and oxygen atoms in total. The lowest BCUT2D eigenvalue weighted by atomic mass is 10.1. The quantitative estimate of drug-likeness (QED) is 0.458. The van der Waals surface area contributed by atoms with Gasteiger partial charge in [0.2, 0.25) is 5.91 Å². The molecular formula is C21H22N6OS. The van der Waals surface area contributed by atoms with Gasteiger partial charge in [-0.05, 0) is 31.5 Å². The van der Waals surface area contributed by atoms with Crippen LogP contribution in [0.15, 0.2) is 53.7 Å². The van der Waals surface area contributed by atoms with Gasteiger partial charge in [0.15, 0.2) is 11.0 Å². The summed E-state index contributed by atoms with van der Waals surface area (Å²) >= 11 is 1.39. The first-order valence-corrected chi connectivity index (χ1v) is 10.5. The fourth-order valence-corrected chi connectivity index (χ4v) is 3.99. The van der Waals surface area contributed by atoms with E-state index in [2.05, 4.69) is 45.4 Å². The topological polar surface area (TPSA) is 88.5 Å². The van der Waals surface area contributed by atoms with Crippen LogP contribution >= 0.6 is 11.8 Å². The Balaban J connectivity index is 1.38. The van der Waals surface area contributed by atoms with E-state index >= 15 is 0 Å². The van der Waals surface area contributed by atoms with Crippen LogP contribution in [0.2, 0.25) is 0 Å². The highest BCUT2D eigenvalue weighted by Crippen LogP contribution is 2.26. The molecule has 148 valence electrons. The Kier molecular flexibility index (Phi) is 5.62. The highest BCUT2D eigenvalue weighted by Gasteiger charge is 2.16. The number of H-pyrrole nitrogens is 1. The number of aryl methyl sites for hydroxylation is 1. The van der Waals surface area contributed by atoms with Gasteiger partial charge in [-0.25, -0.2) is 4.98 Å². The number of hydrogen-bond donors (Lipinski definition) is 2. The molecule has 0 fully saturated rings. The first-order valence-electron chi connectivity index (χ1n) is 9.48. The highest BCUT2D eigenvalue weighted by molar-refractivity contribution is 7.99. The van der Waals surface area contributed by atoms with Gasteiger partial charge in [-0.15, -0.1) is 10.2 Å². The molecule has 1 amide bonds. The van der Waals surface area contributed by atoms with Gasteiger partial charge < -0.3 is 14.9 Å². The van der Waals surface area contributed by atoms with Gasteiger partial charge in [0.1, 0.15) is 5.82 Å². The Morgan fingerprint density at radius 2 is 1.93 bits per heavy atom. The Labute approximate surface area is 173 Å². The number of aromatic nitrogens is 5. The summed E-state index contributed by atoms with van der Waals surface area (Å²) in [5, 5.41) is 12.3. The summed E-state index contributed by atoms with van der Waals surface area (Å²) in [7, 11) is 0. The number of aromatic amines is 1. The number of carbonyl (C=O) groups is 1. The molecule has 2 aromatic heterocycles. The molecule has 0 atom stereocenters. The number of benzene rings is 2. The largest absolute Gasteiger partial charge is 0.348 e. The predicted octanol–water partition coefficient (Wildman–Crippen LogP) is 3.56. The van der Waals surface area contributed by atoms with Crippen LogP contribution in [0.5, 0.6) is 0 Å². The van der Waals surface area contributed by atoms with E-state index in [1.165, 1.54) is 11.8 Å². The summed E-state index contributed by atoms with van der Waals surface area (Å²) in [5.41, 5.74) is 4.06. The van der Waals surface area contributed by atoms with Gasteiger partial charge >= 0.3 is 0 Å². The lowest BCUT2D eigenvalue weighted by Crippen LogP contribution is -2.25. The molecule has 0 bridgehead atoms. The molecule has 0 unspecified atom stereocenters. The van der Waals surface area contributed by atoms with E-state index in [-0.39, 0.29) is 11.7 Å². The van der Waals surface area contributed by atoms with Gasteiger partial charge in [-0.3, -0.25) is 4.79 Å². The molecule has 2 heterocycles. The van der Waals surface area contributed by atoms with Gasteiger partial charge in [0.25, 0.3) is 0 Å². The monoisotopic (exact) mass is 406 g/mol. The van der Waals surface area contributed by atoms with Crippen LogP contribution in [0.4, 0.5) is 0 Å². The number of thioether (sulfide) groups is 1. The maximum absolute atomic E-state index is 12.3. The van der Waals surface area contributed by atoms with E-state index in [0.29, 0.717) is 6.54 Å². The third-order valence-electron chi connectivity index (χ3n) is 4.64. The van der Waals surface area contributed by atoms with Crippen molar-refractivity contribution in [3.05, 3.63) is 59.9 Å². The van der Waals surface area contributed by atoms with Crippen molar-refractivity contribution in [2.75, 3.05) is 5.75 Å². The third-order valence-corrected chi connectivity index (χ3v) is 5.61. The molecule has 2 aromatic carbocycles. The number of nitrogens with zero attached hydrogens (tertiary/aromatic N) is 4. The van der Waals surface area contributed by atoms with Crippen molar-refractivity contribution in [3.63, 3.8) is 0 Å². The fraction of sp³-hybridized carbons (Fsp3) is 0.238. The molecule has 0 radical (unpaired) electrons. The number of amides is 1. The van der Waals surface area contributed by atoms with Crippen LogP contribution in [0, 0.1) is 6.92 Å². The molecule has 0 aliphatic rings. The lowest BCUT2D eigenvalue weighted by molar-refractivity contribution is -0.118. The minimum atomic E-state index is -0.0708. The Morgan fingerprint density at radius 1 is 1.14 bits per heavy atom. The second kappa shape index (κ2) is 8.48. The number of imidazole rings is 1. The molecule has 0 aliphatic heterocycles. The van der Waals surface area contributed by atoms with Crippen LogP contribution in [-0.2, 0) is 17.9 Å². The molecule has 8 heteroatoms. The fourth-order valence-electron chi connectivity index (χ4n) is 3.16. The zero-order valence-corrected chi connectivity index (χ0v) is 17.2. The highest BCUT2D eigenvalue weighted by atomic mass is 32.2. The molecule has 29 heavy (non-hydrogen) atoms. The van der Waals surface area contributed by atoms with Crippen molar-refractivity contribution < 1.29 is 4.79 Å². The summed E-state index contributed by atoms with van der Waals surface area (Å²) in [6.45, 7) is 5.21. The molecule has 0 saturated heterocycles. The van der Waals surface area contributed by atoms with Crippen LogP contribution < -0.4 is 5.32 Å². The second-order valence-electron chi connectivity index (χ2n) is 6.63. The van der Waals surface area contributed by atoms with Gasteiger partial charge in [-0.1, -0.05) is 48.2 Å². The van der Waals surface area contributed by atoms with Gasteiger partial charge in [-0.2, -0.15) is 0 Å². The first-order chi connectivity index (χ1) is 14.2. The molecular weight excluding hydrogens is 384 g/mol. The van der Waals surface area contributed by atoms with Crippen molar-refractivity contribution in [3.8, 4) is 11.4 Å². The van der Waals surface area contributed by atoms with Crippen molar-refractivity contribution in [1.82, 2.24) is 30.0 Å². The minimum absolute atomic E-state index is 0.0708. The lowest BCUT2D eigenvalue weighted by Gasteiger charge is -2.09. The zero-order valence-electron chi connectivity index (χ0n) is 16.3. The molecule has 4 aromatic rings. The first kappa shape index (κ1) is 19.2. The zero-order chi connectivity index (χ0) is 20.2. The summed E-state index contributed by atoms with van der Waals surface area (Å²) in [5.74, 6) is 1.77. The standard InChI is InChI=1S/C21H22N6OS/c1-3-27-20(15-9-5-4-8-14(15)2)25-26-21(27)29-13-19(28)22-12-18-23-16-10-6-7-11-17(16)24-18/h4-11H,3,12-13H2,1-2H3,(H,22,28)(H,23,24). The van der Waals surface area contributed by atoms with Crippen LogP contribution in [0.3, 0.4) is 0 Å². The van der Waals surface area contributed by atoms with E-state index < -0.39 is 0 Å². The summed E-state index contributed by atoms with van der Waals surface area (Å²) < 4.78 is 2.04. The Morgan fingerprint density at radius 3 is 2.72 bits per heavy atom. The average Bonchev–Trinajstić information content (AvgIpc) is 3.34. The molecule has 0 spiro atoms. The SMILES string of the molecule is CCn1c(SCC(=O)NCc2nc3ccccc3[nH]2)nnc1-c1ccccc1C. The van der Waals surface area contributed by atoms with E-state index in [1.54, 1.807) is 0 Å². The van der Waals surface area contributed by atoms with Crippen molar-refractivity contribution in [2.24, 2.45) is 0 Å². The van der Waals surface area contributed by atoms with E-state index in [9.17, 15) is 4.79 Å². The summed E-state index contributed by atoms with van der Waals surface area (Å²) in [4.78, 5) is 20.0. The normalized spacial score (nSPS) is 11.1. The van der Waals surface area contributed by atoms with Crippen LogP contribution in [0.25, 0.3) is 22.4 Å². The molecule has 0 aliphatic carbocycles. The Hall–Kier alpha value is -3.13. The second-order valence-corrected chi connectivity index (χ2v) is 7.57. The van der Waals surface area contributed by atoms with Crippen LogP contribution in [-0.4, -0.2) is 36.4 Å². The predicted molar refractivity (Wildman–Crippen MR) is 115 cm³/mol. The molecule has 2 N–H and O–H groups in total. The minimum Gasteiger partial charge on any atom is -0.348 e. The molecule has 0 saturated carbocycles. The summed E-state index contributed by atoms with van der Waals surface area (Å²) in [6.07, 6.45) is 0. The number of nitrogens with one attached hydrogen (secondary N) is 2. The van der Waals surface area contributed by atoms with Crippen molar-refractivity contribution in [1.29, 1.82) is 0 Å². The maximum atomic E-state index is 12.3. The molecule has 4 rings (SSSR count). The third kappa shape index (κ3) is 4.17. The number of fused-ring (bicyclic) bond motifs is 1. The van der Waals surface area contributed by atoms with Crippen molar-refractivity contribution in [2.45, 2.75) is 32.1 Å². The number of carbonyl (C=O) groups excluding carboxylic acids is 1. The smallest absolute Gasteiger partial charge is 0.230 e. The van der Waals surface area contributed by atoms with Gasteiger partial charge in [0, 0.05) is 12.1 Å². The number of hydrogen-bond acceptors (Lipinski definition) is 5. The van der Waals surface area contributed by atoms with E-state index in [0.717, 1.165) is 45.5 Å². The average molecular weight is 407 g/mol. The van der Waals surface area contributed by atoms with Crippen LogP contribution in [0.1, 0.15) is 18.3 Å². The number of para-hydroxylation sites is 2. The van der Waals surface area contributed by atoms with E-state index in [1.807, 2.05) is 47.0 Å².